The second-order valence-corrected chi connectivity index (χ2v) is 6.63. The Morgan fingerprint density at radius 2 is 1.71 bits per heavy atom. The van der Waals surface area contributed by atoms with Crippen LogP contribution >= 0.6 is 0 Å². The summed E-state index contributed by atoms with van der Waals surface area (Å²) in [5.41, 5.74) is 3.28. The number of hydrogen-bond acceptors (Lipinski definition) is 4. The molecule has 5 rings (SSSR count). The number of fused-ring (bicyclic) bond motifs is 2. The zero-order chi connectivity index (χ0) is 19.3. The topological polar surface area (TPSA) is 82.2 Å². The molecule has 0 unspecified atom stereocenters. The number of nitrogens with zero attached hydrogens (tertiary/aromatic N) is 3. The Kier molecular flexibility index (Phi) is 3.52. The highest BCUT2D eigenvalue weighted by Gasteiger charge is 2.24. The van der Waals surface area contributed by atoms with Gasteiger partial charge in [0.2, 0.25) is 5.88 Å². The maximum atomic E-state index is 12.5. The largest absolute Gasteiger partial charge is 0.493 e. The van der Waals surface area contributed by atoms with Crippen LogP contribution in [-0.2, 0) is 0 Å². The number of carbonyl (C=O) groups excluding carboxylic acids is 1. The van der Waals surface area contributed by atoms with Gasteiger partial charge in [0.15, 0.2) is 11.5 Å². The maximum absolute atomic E-state index is 12.5. The first-order chi connectivity index (χ1) is 13.6. The van der Waals surface area contributed by atoms with E-state index in [1.54, 1.807) is 16.5 Å². The van der Waals surface area contributed by atoms with Crippen molar-refractivity contribution in [1.82, 2.24) is 9.38 Å². The molecule has 136 valence electrons. The second kappa shape index (κ2) is 6.06. The third kappa shape index (κ3) is 2.31. The lowest BCUT2D eigenvalue weighted by molar-refractivity contribution is 0.101. The molecule has 6 heteroatoms. The van der Waals surface area contributed by atoms with Crippen molar-refractivity contribution in [1.29, 1.82) is 0 Å². The molecule has 6 nitrogen and oxygen atoms in total. The summed E-state index contributed by atoms with van der Waals surface area (Å²) in [7, 11) is 0. The lowest BCUT2D eigenvalue weighted by Crippen LogP contribution is -1.97. The number of hydrogen-bond donors (Lipinski definition) is 2. The fraction of sp³-hybridized carbons (Fsp3) is 0.0455. The predicted octanol–water partition coefficient (Wildman–Crippen LogP) is 5.90. The van der Waals surface area contributed by atoms with Crippen molar-refractivity contribution in [2.45, 2.75) is 6.92 Å². The van der Waals surface area contributed by atoms with Crippen molar-refractivity contribution in [2.75, 3.05) is 0 Å². The monoisotopic (exact) mass is 368 g/mol. The number of benzene rings is 3. The lowest BCUT2D eigenvalue weighted by Gasteiger charge is -2.09. The fourth-order valence-electron chi connectivity index (χ4n) is 3.67. The summed E-state index contributed by atoms with van der Waals surface area (Å²) in [5.74, 6) is -0.320. The van der Waals surface area contributed by atoms with Crippen molar-refractivity contribution in [3.8, 4) is 5.88 Å². The SMILES string of the molecule is CC(=O)c1c(N=Nc2ccccc2)c(O)n2c1[nH]c1cccc3cccc2c31. The summed E-state index contributed by atoms with van der Waals surface area (Å²) in [6, 6.07) is 21.0. The molecule has 28 heavy (non-hydrogen) atoms. The molecule has 0 saturated carbocycles. The highest BCUT2D eigenvalue weighted by molar-refractivity contribution is 6.12. The number of Topliss-reactive ketones (excluding diaryl/α,β-unsaturated/α-hetero) is 1. The molecule has 0 fully saturated rings. The van der Waals surface area contributed by atoms with Gasteiger partial charge >= 0.3 is 0 Å². The minimum absolute atomic E-state index is 0.116. The van der Waals surface area contributed by atoms with E-state index < -0.39 is 0 Å². The number of azo groups is 1. The zero-order valence-electron chi connectivity index (χ0n) is 15.0. The first-order valence-electron chi connectivity index (χ1n) is 8.89. The molecular weight excluding hydrogens is 352 g/mol. The van der Waals surface area contributed by atoms with E-state index in [0.717, 1.165) is 21.8 Å². The van der Waals surface area contributed by atoms with Gasteiger partial charge in [-0.05, 0) is 36.6 Å². The van der Waals surface area contributed by atoms with Gasteiger partial charge in [-0.2, -0.15) is 5.11 Å². The standard InChI is InChI=1S/C22H16N4O2/c1-13(27)18-20(25-24-15-9-3-2-4-10-15)22(28)26-17-12-6-8-14-7-5-11-16(19(14)17)23-21(18)26/h2-12,23,28H,1H3. The molecule has 0 atom stereocenters. The van der Waals surface area contributed by atoms with Crippen LogP contribution in [0.3, 0.4) is 0 Å². The molecule has 3 aromatic carbocycles. The van der Waals surface area contributed by atoms with Gasteiger partial charge in [-0.25, -0.2) is 0 Å². The number of aromatic amines is 1. The molecule has 0 bridgehead atoms. The van der Waals surface area contributed by atoms with Crippen LogP contribution in [0.5, 0.6) is 5.88 Å². The normalized spacial score (nSPS) is 11.9. The van der Waals surface area contributed by atoms with Gasteiger partial charge in [0, 0.05) is 10.9 Å². The Balaban J connectivity index is 1.89. The van der Waals surface area contributed by atoms with Gasteiger partial charge in [0.1, 0.15) is 5.65 Å². The van der Waals surface area contributed by atoms with Crippen LogP contribution in [0.4, 0.5) is 11.4 Å². The summed E-state index contributed by atoms with van der Waals surface area (Å²) in [4.78, 5) is 15.7. The molecular formula is C22H16N4O2. The molecule has 0 aliphatic heterocycles. The Labute approximate surface area is 159 Å². The van der Waals surface area contributed by atoms with Crippen molar-refractivity contribution in [3.63, 3.8) is 0 Å². The molecule has 0 aliphatic rings. The van der Waals surface area contributed by atoms with Gasteiger partial charge in [-0.1, -0.05) is 42.5 Å². The van der Waals surface area contributed by atoms with Crippen LogP contribution in [0.2, 0.25) is 0 Å². The molecule has 2 aromatic heterocycles. The van der Waals surface area contributed by atoms with Crippen molar-refractivity contribution in [2.24, 2.45) is 10.2 Å². The van der Waals surface area contributed by atoms with Crippen LogP contribution in [0.15, 0.2) is 77.0 Å². The van der Waals surface area contributed by atoms with E-state index in [4.69, 9.17) is 0 Å². The van der Waals surface area contributed by atoms with E-state index in [-0.39, 0.29) is 17.4 Å². The molecule has 0 radical (unpaired) electrons. The Morgan fingerprint density at radius 3 is 2.46 bits per heavy atom. The van der Waals surface area contributed by atoms with Crippen LogP contribution in [-0.4, -0.2) is 20.3 Å². The summed E-state index contributed by atoms with van der Waals surface area (Å²) in [6.07, 6.45) is 0. The van der Waals surface area contributed by atoms with Gasteiger partial charge in [-0.15, -0.1) is 5.11 Å². The molecule has 2 heterocycles. The smallest absolute Gasteiger partial charge is 0.226 e. The second-order valence-electron chi connectivity index (χ2n) is 6.63. The number of aromatic nitrogens is 2. The first kappa shape index (κ1) is 16.3. The predicted molar refractivity (Wildman–Crippen MR) is 109 cm³/mol. The van der Waals surface area contributed by atoms with Gasteiger partial charge in [-0.3, -0.25) is 9.20 Å². The Morgan fingerprint density at radius 1 is 0.964 bits per heavy atom. The molecule has 0 saturated heterocycles. The highest BCUT2D eigenvalue weighted by atomic mass is 16.3. The maximum Gasteiger partial charge on any atom is 0.226 e. The molecule has 5 aromatic rings. The minimum atomic E-state index is -0.204. The third-order valence-corrected chi connectivity index (χ3v) is 4.87. The quantitative estimate of drug-likeness (QED) is 0.307. The van der Waals surface area contributed by atoms with Gasteiger partial charge in [0.25, 0.3) is 0 Å². The average molecular weight is 368 g/mol. The molecule has 0 amide bonds. The number of nitrogens with one attached hydrogen (secondary N) is 1. The Hall–Kier alpha value is -3.93. The molecule has 0 aliphatic carbocycles. The number of rotatable bonds is 3. The van der Waals surface area contributed by atoms with E-state index in [2.05, 4.69) is 15.2 Å². The summed E-state index contributed by atoms with van der Waals surface area (Å²) in [5, 5.41) is 21.4. The van der Waals surface area contributed by atoms with Crippen LogP contribution < -0.4 is 0 Å². The summed E-state index contributed by atoms with van der Waals surface area (Å²) in [6.45, 7) is 1.46. The van der Waals surface area contributed by atoms with Crippen molar-refractivity contribution >= 4 is 44.6 Å². The van der Waals surface area contributed by atoms with Gasteiger partial charge < -0.3 is 10.1 Å². The van der Waals surface area contributed by atoms with E-state index in [0.29, 0.717) is 16.9 Å². The number of ketones is 1. The van der Waals surface area contributed by atoms with Crippen LogP contribution in [0.25, 0.3) is 27.5 Å². The zero-order valence-corrected chi connectivity index (χ0v) is 15.0. The highest BCUT2D eigenvalue weighted by Crippen LogP contribution is 2.40. The van der Waals surface area contributed by atoms with E-state index >= 15 is 0 Å². The summed E-state index contributed by atoms with van der Waals surface area (Å²) >= 11 is 0. The van der Waals surface area contributed by atoms with E-state index in [9.17, 15) is 9.90 Å². The fourth-order valence-corrected chi connectivity index (χ4v) is 3.67. The number of carbonyl (C=O) groups is 1. The molecule has 2 N–H and O–H groups in total. The van der Waals surface area contributed by atoms with Crippen LogP contribution in [0, 0.1) is 0 Å². The lowest BCUT2D eigenvalue weighted by atomic mass is 10.1. The number of aromatic hydroxyl groups is 1. The first-order valence-corrected chi connectivity index (χ1v) is 8.89. The Bertz CT molecular complexity index is 1390. The van der Waals surface area contributed by atoms with Gasteiger partial charge in [0.05, 0.1) is 16.8 Å². The average Bonchev–Trinajstić information content (AvgIpc) is 2.99. The minimum Gasteiger partial charge on any atom is -0.493 e. The van der Waals surface area contributed by atoms with E-state index in [1.807, 2.05) is 54.6 Å². The van der Waals surface area contributed by atoms with Crippen molar-refractivity contribution < 1.29 is 9.90 Å². The van der Waals surface area contributed by atoms with Crippen LogP contribution in [0.1, 0.15) is 17.3 Å². The third-order valence-electron chi connectivity index (χ3n) is 4.87. The van der Waals surface area contributed by atoms with E-state index in [1.165, 1.54) is 6.92 Å². The number of H-pyrrole nitrogens is 1. The molecule has 0 spiro atoms. The van der Waals surface area contributed by atoms with Crippen molar-refractivity contribution in [3.05, 3.63) is 72.3 Å². The summed E-state index contributed by atoms with van der Waals surface area (Å²) < 4.78 is 1.63.